The van der Waals surface area contributed by atoms with Gasteiger partial charge in [0.25, 0.3) is 0 Å². The molecule has 0 amide bonds. The third-order valence-electron chi connectivity index (χ3n) is 2.47. The van der Waals surface area contributed by atoms with Crippen LogP contribution in [0.25, 0.3) is 0 Å². The number of halogens is 2. The molecule has 1 aromatic carbocycles. The van der Waals surface area contributed by atoms with E-state index in [2.05, 4.69) is 5.43 Å². The van der Waals surface area contributed by atoms with E-state index < -0.39 is 11.6 Å². The second-order valence-corrected chi connectivity index (χ2v) is 4.74. The van der Waals surface area contributed by atoms with E-state index in [1.54, 1.807) is 11.3 Å². The first-order valence-electron chi connectivity index (χ1n) is 5.13. The number of thiophene rings is 1. The van der Waals surface area contributed by atoms with E-state index in [4.69, 9.17) is 5.84 Å². The summed E-state index contributed by atoms with van der Waals surface area (Å²) in [5, 5.41) is 1.95. The van der Waals surface area contributed by atoms with Gasteiger partial charge in [0.05, 0.1) is 6.04 Å². The number of hydrazine groups is 1. The monoisotopic (exact) mass is 254 g/mol. The first kappa shape index (κ1) is 12.2. The highest BCUT2D eigenvalue weighted by molar-refractivity contribution is 7.09. The Bertz CT molecular complexity index is 465. The van der Waals surface area contributed by atoms with E-state index in [1.807, 2.05) is 17.5 Å². The Morgan fingerprint density at radius 2 is 1.94 bits per heavy atom. The fourth-order valence-electron chi connectivity index (χ4n) is 1.68. The Morgan fingerprint density at radius 3 is 2.47 bits per heavy atom. The molecule has 2 rings (SSSR count). The van der Waals surface area contributed by atoms with Gasteiger partial charge in [-0.25, -0.2) is 8.78 Å². The van der Waals surface area contributed by atoms with Crippen LogP contribution in [0.2, 0.25) is 0 Å². The number of benzene rings is 1. The van der Waals surface area contributed by atoms with Gasteiger partial charge >= 0.3 is 0 Å². The molecule has 0 saturated carbocycles. The van der Waals surface area contributed by atoms with E-state index in [0.29, 0.717) is 12.0 Å². The summed E-state index contributed by atoms with van der Waals surface area (Å²) in [7, 11) is 0. The average molecular weight is 254 g/mol. The van der Waals surface area contributed by atoms with Crippen LogP contribution in [0.4, 0.5) is 8.78 Å². The van der Waals surface area contributed by atoms with Crippen molar-refractivity contribution in [1.29, 1.82) is 0 Å². The van der Waals surface area contributed by atoms with Gasteiger partial charge in [-0.05, 0) is 29.1 Å². The molecule has 0 aliphatic rings. The van der Waals surface area contributed by atoms with Crippen LogP contribution in [-0.2, 0) is 6.42 Å². The maximum atomic E-state index is 13.1. The highest BCUT2D eigenvalue weighted by Gasteiger charge is 2.13. The summed E-state index contributed by atoms with van der Waals surface area (Å²) in [5.41, 5.74) is 3.10. The van der Waals surface area contributed by atoms with Crippen LogP contribution in [0, 0.1) is 11.6 Å². The first-order chi connectivity index (χ1) is 8.19. The van der Waals surface area contributed by atoms with Gasteiger partial charge in [0.15, 0.2) is 0 Å². The molecule has 5 heteroatoms. The predicted molar refractivity (Wildman–Crippen MR) is 64.4 cm³/mol. The lowest BCUT2D eigenvalue weighted by atomic mass is 10.0. The number of nitrogens with two attached hydrogens (primary N) is 1. The van der Waals surface area contributed by atoms with Crippen molar-refractivity contribution in [1.82, 2.24) is 5.43 Å². The molecule has 0 aliphatic carbocycles. The van der Waals surface area contributed by atoms with E-state index in [-0.39, 0.29) is 6.04 Å². The van der Waals surface area contributed by atoms with Crippen molar-refractivity contribution in [2.24, 2.45) is 5.84 Å². The van der Waals surface area contributed by atoms with E-state index in [9.17, 15) is 8.78 Å². The molecule has 1 unspecified atom stereocenters. The van der Waals surface area contributed by atoms with Crippen molar-refractivity contribution in [2.45, 2.75) is 12.5 Å². The quantitative estimate of drug-likeness (QED) is 0.650. The summed E-state index contributed by atoms with van der Waals surface area (Å²) in [6, 6.07) is 7.04. The van der Waals surface area contributed by atoms with Crippen LogP contribution in [0.5, 0.6) is 0 Å². The van der Waals surface area contributed by atoms with Gasteiger partial charge in [-0.15, -0.1) is 11.3 Å². The summed E-state index contributed by atoms with van der Waals surface area (Å²) >= 11 is 1.59. The lowest BCUT2D eigenvalue weighted by Crippen LogP contribution is -2.29. The van der Waals surface area contributed by atoms with Crippen LogP contribution in [0.15, 0.2) is 35.7 Å². The zero-order chi connectivity index (χ0) is 12.3. The van der Waals surface area contributed by atoms with Gasteiger partial charge in [0.1, 0.15) is 11.6 Å². The van der Waals surface area contributed by atoms with Crippen molar-refractivity contribution in [2.75, 3.05) is 0 Å². The molecule has 1 atom stereocenters. The van der Waals surface area contributed by atoms with Crippen LogP contribution in [0.1, 0.15) is 16.5 Å². The first-order valence-corrected chi connectivity index (χ1v) is 6.01. The molecular weight excluding hydrogens is 242 g/mol. The maximum Gasteiger partial charge on any atom is 0.126 e. The topological polar surface area (TPSA) is 38.0 Å². The summed E-state index contributed by atoms with van der Waals surface area (Å²) < 4.78 is 26.2. The zero-order valence-electron chi connectivity index (χ0n) is 8.99. The van der Waals surface area contributed by atoms with Crippen molar-refractivity contribution in [3.05, 3.63) is 57.8 Å². The van der Waals surface area contributed by atoms with E-state index >= 15 is 0 Å². The van der Waals surface area contributed by atoms with Crippen LogP contribution >= 0.6 is 11.3 Å². The molecule has 3 N–H and O–H groups in total. The molecule has 90 valence electrons. The Balaban J connectivity index is 2.22. The third-order valence-corrected chi connectivity index (χ3v) is 3.37. The number of rotatable bonds is 4. The SMILES string of the molecule is NNC(Cc1cccs1)c1cc(F)cc(F)c1. The second-order valence-electron chi connectivity index (χ2n) is 3.71. The minimum Gasteiger partial charge on any atom is -0.271 e. The van der Waals surface area contributed by atoms with Gasteiger partial charge in [0, 0.05) is 17.4 Å². The average Bonchev–Trinajstić information content (AvgIpc) is 2.77. The fourth-order valence-corrected chi connectivity index (χ4v) is 2.43. The molecule has 17 heavy (non-hydrogen) atoms. The summed E-state index contributed by atoms with van der Waals surface area (Å²) in [5.74, 6) is 4.25. The fraction of sp³-hybridized carbons (Fsp3) is 0.167. The molecule has 0 fully saturated rings. The highest BCUT2D eigenvalue weighted by Crippen LogP contribution is 2.22. The Morgan fingerprint density at radius 1 is 1.24 bits per heavy atom. The van der Waals surface area contributed by atoms with Gasteiger partial charge in [-0.3, -0.25) is 11.3 Å². The lowest BCUT2D eigenvalue weighted by molar-refractivity contribution is 0.533. The molecule has 0 spiro atoms. The molecule has 1 aromatic heterocycles. The minimum absolute atomic E-state index is 0.293. The lowest BCUT2D eigenvalue weighted by Gasteiger charge is -2.15. The van der Waals surface area contributed by atoms with Gasteiger partial charge in [-0.1, -0.05) is 6.07 Å². The molecular formula is C12H12F2N2S. The normalized spacial score (nSPS) is 12.6. The smallest absolute Gasteiger partial charge is 0.126 e. The third kappa shape index (κ3) is 3.09. The molecule has 0 bridgehead atoms. The number of hydrogen-bond donors (Lipinski definition) is 2. The molecule has 1 heterocycles. The molecule has 2 nitrogen and oxygen atoms in total. The van der Waals surface area contributed by atoms with Gasteiger partial charge in [0.2, 0.25) is 0 Å². The maximum absolute atomic E-state index is 13.1. The van der Waals surface area contributed by atoms with Crippen molar-refractivity contribution >= 4 is 11.3 Å². The molecule has 0 aliphatic heterocycles. The predicted octanol–water partition coefficient (Wildman–Crippen LogP) is 2.77. The zero-order valence-corrected chi connectivity index (χ0v) is 9.81. The Kier molecular flexibility index (Phi) is 3.83. The second kappa shape index (κ2) is 5.35. The van der Waals surface area contributed by atoms with Crippen LogP contribution in [-0.4, -0.2) is 0 Å². The van der Waals surface area contributed by atoms with Crippen LogP contribution in [0.3, 0.4) is 0 Å². The van der Waals surface area contributed by atoms with E-state index in [1.165, 1.54) is 12.1 Å². The number of hydrogen-bond acceptors (Lipinski definition) is 3. The Hall–Kier alpha value is -1.30. The van der Waals surface area contributed by atoms with Gasteiger partial charge < -0.3 is 0 Å². The Labute approximate surface area is 102 Å². The summed E-state index contributed by atoms with van der Waals surface area (Å²) in [6.07, 6.45) is 0.608. The van der Waals surface area contributed by atoms with Crippen molar-refractivity contribution in [3.8, 4) is 0 Å². The molecule has 2 aromatic rings. The summed E-state index contributed by atoms with van der Waals surface area (Å²) in [4.78, 5) is 1.11. The highest BCUT2D eigenvalue weighted by atomic mass is 32.1. The summed E-state index contributed by atoms with van der Waals surface area (Å²) in [6.45, 7) is 0. The minimum atomic E-state index is -0.591. The van der Waals surface area contributed by atoms with E-state index in [0.717, 1.165) is 10.9 Å². The van der Waals surface area contributed by atoms with Crippen molar-refractivity contribution in [3.63, 3.8) is 0 Å². The van der Waals surface area contributed by atoms with Gasteiger partial charge in [-0.2, -0.15) is 0 Å². The van der Waals surface area contributed by atoms with Crippen LogP contribution < -0.4 is 11.3 Å². The number of nitrogens with one attached hydrogen (secondary N) is 1. The van der Waals surface area contributed by atoms with Crippen molar-refractivity contribution < 1.29 is 8.78 Å². The largest absolute Gasteiger partial charge is 0.271 e. The molecule has 0 radical (unpaired) electrons. The standard InChI is InChI=1S/C12H12F2N2S/c13-9-4-8(5-10(14)6-9)12(16-15)7-11-2-1-3-17-11/h1-6,12,16H,7,15H2. The molecule has 0 saturated heterocycles.